The fourth-order valence-electron chi connectivity index (χ4n) is 3.75. The summed E-state index contributed by atoms with van der Waals surface area (Å²) < 4.78 is 54.1. The van der Waals surface area contributed by atoms with Gasteiger partial charge in [-0.05, 0) is 42.5 Å². The molecule has 3 rings (SSSR count). The third kappa shape index (κ3) is 6.66. The van der Waals surface area contributed by atoms with Gasteiger partial charge in [-0.2, -0.15) is 13.2 Å². The van der Waals surface area contributed by atoms with Crippen molar-refractivity contribution >= 4 is 52.1 Å². The van der Waals surface area contributed by atoms with Crippen LogP contribution in [0.3, 0.4) is 0 Å². The SMILES string of the molecule is COc1cc(C(=O)NC(=S)Nc2cc(Cl)ccc2N2CCN(C(=O)C(F)(F)F)CC2)cc(OC)c1OC. The number of carbonyl (C=O) groups is 2. The Hall–Kier alpha value is -3.45. The van der Waals surface area contributed by atoms with E-state index in [0.717, 1.165) is 4.90 Å². The Bertz CT molecular complexity index is 1160. The number of nitrogens with zero attached hydrogens (tertiary/aromatic N) is 2. The van der Waals surface area contributed by atoms with Crippen molar-refractivity contribution in [1.29, 1.82) is 0 Å². The second-order valence-corrected chi connectivity index (χ2v) is 8.61. The Balaban J connectivity index is 1.73. The number of anilines is 2. The molecule has 200 valence electrons. The summed E-state index contributed by atoms with van der Waals surface area (Å²) >= 11 is 11.5. The predicted molar refractivity (Wildman–Crippen MR) is 136 cm³/mol. The Labute approximate surface area is 221 Å². The van der Waals surface area contributed by atoms with E-state index < -0.39 is 18.0 Å². The Kier molecular flexibility index (Phi) is 8.92. The molecule has 9 nitrogen and oxygen atoms in total. The topological polar surface area (TPSA) is 92.4 Å². The summed E-state index contributed by atoms with van der Waals surface area (Å²) in [6.07, 6.45) is -4.92. The second kappa shape index (κ2) is 11.7. The summed E-state index contributed by atoms with van der Waals surface area (Å²) in [6.45, 7) is 0.0941. The van der Waals surface area contributed by atoms with Crippen LogP contribution in [0.5, 0.6) is 17.2 Å². The highest BCUT2D eigenvalue weighted by Crippen LogP contribution is 2.38. The predicted octanol–water partition coefficient (Wildman–Crippen LogP) is 3.70. The van der Waals surface area contributed by atoms with Gasteiger partial charge in [0.2, 0.25) is 5.75 Å². The van der Waals surface area contributed by atoms with Crippen molar-refractivity contribution in [2.75, 3.05) is 57.7 Å². The third-order valence-electron chi connectivity index (χ3n) is 5.51. The lowest BCUT2D eigenvalue weighted by atomic mass is 10.1. The number of nitrogens with one attached hydrogen (secondary N) is 2. The van der Waals surface area contributed by atoms with Gasteiger partial charge in [-0.1, -0.05) is 11.6 Å². The molecule has 1 heterocycles. The Morgan fingerprint density at radius 3 is 2.08 bits per heavy atom. The van der Waals surface area contributed by atoms with Gasteiger partial charge >= 0.3 is 12.1 Å². The minimum absolute atomic E-state index is 0.0480. The first-order valence-corrected chi connectivity index (χ1v) is 11.6. The lowest BCUT2D eigenvalue weighted by Gasteiger charge is -2.37. The van der Waals surface area contributed by atoms with E-state index in [9.17, 15) is 22.8 Å². The molecule has 1 saturated heterocycles. The van der Waals surface area contributed by atoms with Crippen LogP contribution in [-0.2, 0) is 4.79 Å². The summed E-state index contributed by atoms with van der Waals surface area (Å²) in [5.74, 6) is -1.53. The molecule has 37 heavy (non-hydrogen) atoms. The molecule has 0 aliphatic carbocycles. The number of halogens is 4. The van der Waals surface area contributed by atoms with Crippen LogP contribution >= 0.6 is 23.8 Å². The number of alkyl halides is 3. The van der Waals surface area contributed by atoms with Gasteiger partial charge in [-0.15, -0.1) is 0 Å². The van der Waals surface area contributed by atoms with Crippen molar-refractivity contribution in [3.63, 3.8) is 0 Å². The molecule has 2 aromatic rings. The fourth-order valence-corrected chi connectivity index (χ4v) is 4.13. The van der Waals surface area contributed by atoms with Gasteiger partial charge in [0.05, 0.1) is 32.7 Å². The lowest BCUT2D eigenvalue weighted by Crippen LogP contribution is -2.52. The highest BCUT2D eigenvalue weighted by molar-refractivity contribution is 7.80. The monoisotopic (exact) mass is 560 g/mol. The van der Waals surface area contributed by atoms with E-state index in [0.29, 0.717) is 22.1 Å². The number of hydrogen-bond acceptors (Lipinski definition) is 7. The van der Waals surface area contributed by atoms with E-state index in [2.05, 4.69) is 10.6 Å². The van der Waals surface area contributed by atoms with Crippen LogP contribution in [0, 0.1) is 0 Å². The van der Waals surface area contributed by atoms with Crippen molar-refractivity contribution in [2.45, 2.75) is 6.18 Å². The molecule has 0 bridgehead atoms. The first kappa shape index (κ1) is 28.1. The van der Waals surface area contributed by atoms with Gasteiger partial charge in [-0.3, -0.25) is 14.9 Å². The molecule has 0 radical (unpaired) electrons. The van der Waals surface area contributed by atoms with Crippen LogP contribution in [0.4, 0.5) is 24.5 Å². The van der Waals surface area contributed by atoms with Crippen molar-refractivity contribution in [1.82, 2.24) is 10.2 Å². The zero-order valence-electron chi connectivity index (χ0n) is 20.1. The first-order chi connectivity index (χ1) is 17.5. The zero-order valence-corrected chi connectivity index (χ0v) is 21.6. The average Bonchev–Trinajstić information content (AvgIpc) is 2.86. The zero-order chi connectivity index (χ0) is 27.3. The van der Waals surface area contributed by atoms with Crippen LogP contribution in [-0.4, -0.2) is 75.5 Å². The molecule has 0 aromatic heterocycles. The van der Waals surface area contributed by atoms with Gasteiger partial charge in [0.25, 0.3) is 5.91 Å². The van der Waals surface area contributed by atoms with Crippen LogP contribution < -0.4 is 29.7 Å². The summed E-state index contributed by atoms with van der Waals surface area (Å²) in [7, 11) is 4.28. The van der Waals surface area contributed by atoms with Crippen LogP contribution in [0.25, 0.3) is 0 Å². The molecule has 0 spiro atoms. The van der Waals surface area contributed by atoms with Crippen LogP contribution in [0.2, 0.25) is 5.02 Å². The number of hydrogen-bond donors (Lipinski definition) is 2. The van der Waals surface area contributed by atoms with Gasteiger partial charge in [-0.25, -0.2) is 0 Å². The van der Waals surface area contributed by atoms with E-state index in [1.165, 1.54) is 33.5 Å². The minimum atomic E-state index is -4.92. The maximum atomic E-state index is 12.9. The number of methoxy groups -OCH3 is 3. The van der Waals surface area contributed by atoms with E-state index in [1.54, 1.807) is 23.1 Å². The highest BCUT2D eigenvalue weighted by atomic mass is 35.5. The quantitative estimate of drug-likeness (QED) is 0.517. The number of benzene rings is 2. The molecule has 2 N–H and O–H groups in total. The number of thiocarbonyl (C=S) groups is 1. The molecule has 2 amide bonds. The third-order valence-corrected chi connectivity index (χ3v) is 5.95. The van der Waals surface area contributed by atoms with Gasteiger partial charge in [0.1, 0.15) is 0 Å². The molecule has 0 atom stereocenters. The van der Waals surface area contributed by atoms with E-state index in [-0.39, 0.29) is 48.4 Å². The second-order valence-electron chi connectivity index (χ2n) is 7.76. The van der Waals surface area contributed by atoms with Crippen molar-refractivity contribution in [2.24, 2.45) is 0 Å². The minimum Gasteiger partial charge on any atom is -0.493 e. The molecule has 1 fully saturated rings. The normalized spacial score (nSPS) is 13.6. The van der Waals surface area contributed by atoms with E-state index in [1.807, 2.05) is 0 Å². The van der Waals surface area contributed by atoms with E-state index in [4.69, 9.17) is 38.0 Å². The molecule has 0 unspecified atom stereocenters. The number of amides is 2. The van der Waals surface area contributed by atoms with Gasteiger partial charge in [0, 0.05) is 36.8 Å². The Morgan fingerprint density at radius 2 is 1.57 bits per heavy atom. The lowest BCUT2D eigenvalue weighted by molar-refractivity contribution is -0.185. The molecule has 14 heteroatoms. The average molecular weight is 561 g/mol. The van der Waals surface area contributed by atoms with Gasteiger partial charge in [0.15, 0.2) is 16.6 Å². The first-order valence-electron chi connectivity index (χ1n) is 10.8. The highest BCUT2D eigenvalue weighted by Gasteiger charge is 2.43. The van der Waals surface area contributed by atoms with Crippen LogP contribution in [0.15, 0.2) is 30.3 Å². The fraction of sp³-hybridized carbons (Fsp3) is 0.348. The van der Waals surface area contributed by atoms with Gasteiger partial charge < -0.3 is 29.3 Å². The maximum Gasteiger partial charge on any atom is 0.471 e. The maximum absolute atomic E-state index is 12.9. The molecular weight excluding hydrogens is 537 g/mol. The largest absolute Gasteiger partial charge is 0.493 e. The van der Waals surface area contributed by atoms with Crippen LogP contribution in [0.1, 0.15) is 10.4 Å². The number of ether oxygens (including phenoxy) is 3. The molecule has 2 aromatic carbocycles. The number of rotatable bonds is 6. The summed E-state index contributed by atoms with van der Waals surface area (Å²) in [4.78, 5) is 26.9. The molecular formula is C23H24ClF3N4O5S. The number of carbonyl (C=O) groups excluding carboxylic acids is 2. The molecule has 0 saturated carbocycles. The van der Waals surface area contributed by atoms with Crippen molar-refractivity contribution in [3.8, 4) is 17.2 Å². The number of piperazine rings is 1. The Morgan fingerprint density at radius 1 is 0.973 bits per heavy atom. The standard InChI is InChI=1S/C23H24ClF3N4O5S/c1-34-17-10-13(11-18(35-2)19(17)36-3)20(32)29-22(37)28-15-12-14(24)4-5-16(15)30-6-8-31(9-7-30)21(33)23(25,26)27/h4-5,10-12H,6-9H2,1-3H3,(H2,28,29,32,37). The smallest absolute Gasteiger partial charge is 0.471 e. The van der Waals surface area contributed by atoms with E-state index >= 15 is 0 Å². The summed E-state index contributed by atoms with van der Waals surface area (Å²) in [5.41, 5.74) is 1.21. The van der Waals surface area contributed by atoms with Crippen molar-refractivity contribution in [3.05, 3.63) is 40.9 Å². The molecule has 1 aliphatic heterocycles. The van der Waals surface area contributed by atoms with Crippen molar-refractivity contribution < 1.29 is 37.0 Å². The summed E-state index contributed by atoms with van der Waals surface area (Å²) in [6, 6.07) is 7.79. The summed E-state index contributed by atoms with van der Waals surface area (Å²) in [5, 5.41) is 5.80. The molecule has 1 aliphatic rings.